The van der Waals surface area contributed by atoms with Crippen LogP contribution in [0.1, 0.15) is 33.1 Å². The van der Waals surface area contributed by atoms with Crippen LogP contribution in [0, 0.1) is 12.7 Å². The zero-order valence-corrected chi connectivity index (χ0v) is 16.5. The van der Waals surface area contributed by atoms with Gasteiger partial charge < -0.3 is 5.32 Å². The number of hydrogen-bond acceptors (Lipinski definition) is 3. The van der Waals surface area contributed by atoms with Crippen LogP contribution < -0.4 is 5.32 Å². The first-order valence-corrected chi connectivity index (χ1v) is 9.68. The van der Waals surface area contributed by atoms with Gasteiger partial charge in [-0.05, 0) is 42.3 Å². The van der Waals surface area contributed by atoms with Crippen molar-refractivity contribution in [3.05, 3.63) is 113 Å². The van der Waals surface area contributed by atoms with Crippen LogP contribution in [0.2, 0.25) is 0 Å². The fraction of sp³-hybridized carbons (Fsp3) is 0.125. The lowest BCUT2D eigenvalue weighted by Gasteiger charge is -2.06. The molecule has 0 aliphatic rings. The first kappa shape index (κ1) is 19.5. The summed E-state index contributed by atoms with van der Waals surface area (Å²) < 4.78 is 15.1. The molecule has 5 nitrogen and oxygen atoms in total. The third kappa shape index (κ3) is 4.60. The molecule has 0 unspecified atom stereocenters. The summed E-state index contributed by atoms with van der Waals surface area (Å²) in [6.07, 6.45) is 0.541. The highest BCUT2D eigenvalue weighted by Crippen LogP contribution is 2.15. The third-order valence-corrected chi connectivity index (χ3v) is 4.70. The summed E-state index contributed by atoms with van der Waals surface area (Å²) in [4.78, 5) is 17.2. The molecule has 4 aromatic rings. The van der Waals surface area contributed by atoms with Crippen molar-refractivity contribution in [2.75, 3.05) is 0 Å². The summed E-state index contributed by atoms with van der Waals surface area (Å²) in [5, 5.41) is 7.22. The summed E-state index contributed by atoms with van der Waals surface area (Å²) in [6.45, 7) is 2.21. The largest absolute Gasteiger partial charge is 0.345 e. The van der Waals surface area contributed by atoms with Crippen molar-refractivity contribution >= 4 is 5.91 Å². The molecule has 0 fully saturated rings. The van der Waals surface area contributed by atoms with Gasteiger partial charge in [0.15, 0.2) is 0 Å². The predicted octanol–water partition coefficient (Wildman–Crippen LogP) is 4.24. The molecule has 1 aromatic heterocycles. The molecule has 3 aromatic carbocycles. The first-order valence-electron chi connectivity index (χ1n) is 9.68. The maximum atomic E-state index is 13.4. The Morgan fingerprint density at radius 2 is 1.70 bits per heavy atom. The van der Waals surface area contributed by atoms with E-state index >= 15 is 0 Å². The van der Waals surface area contributed by atoms with E-state index < -0.39 is 5.91 Å². The Bertz CT molecular complexity index is 1150. The molecule has 6 heteroatoms. The van der Waals surface area contributed by atoms with E-state index in [2.05, 4.69) is 15.4 Å². The van der Waals surface area contributed by atoms with E-state index in [1.54, 1.807) is 16.8 Å². The molecule has 0 radical (unpaired) electrons. The van der Waals surface area contributed by atoms with Crippen molar-refractivity contribution in [3.8, 4) is 5.69 Å². The SMILES string of the molecule is Cc1ccc(-n2nc(C(=O)NCc3cccc(F)c3)nc2Cc2ccccc2)cc1. The van der Waals surface area contributed by atoms with Gasteiger partial charge in [-0.15, -0.1) is 5.10 Å². The Kier molecular flexibility index (Phi) is 5.66. The van der Waals surface area contributed by atoms with Gasteiger partial charge in [-0.3, -0.25) is 4.79 Å². The van der Waals surface area contributed by atoms with E-state index in [0.717, 1.165) is 16.8 Å². The van der Waals surface area contributed by atoms with Crippen LogP contribution in [0.4, 0.5) is 4.39 Å². The summed E-state index contributed by atoms with van der Waals surface area (Å²) in [6, 6.07) is 23.9. The highest BCUT2D eigenvalue weighted by molar-refractivity contribution is 5.90. The molecule has 1 amide bonds. The molecule has 150 valence electrons. The molecule has 0 saturated carbocycles. The van der Waals surface area contributed by atoms with Crippen LogP contribution in [0.15, 0.2) is 78.9 Å². The zero-order chi connectivity index (χ0) is 20.9. The second-order valence-corrected chi connectivity index (χ2v) is 7.07. The number of aryl methyl sites for hydroxylation is 1. The lowest BCUT2D eigenvalue weighted by atomic mass is 10.1. The maximum Gasteiger partial charge on any atom is 0.291 e. The number of amides is 1. The van der Waals surface area contributed by atoms with Gasteiger partial charge in [0.1, 0.15) is 11.6 Å². The quantitative estimate of drug-likeness (QED) is 0.527. The number of halogens is 1. The fourth-order valence-corrected chi connectivity index (χ4v) is 3.13. The minimum Gasteiger partial charge on any atom is -0.345 e. The number of carbonyl (C=O) groups excluding carboxylic acids is 1. The van der Waals surface area contributed by atoms with Gasteiger partial charge in [-0.2, -0.15) is 0 Å². The summed E-state index contributed by atoms with van der Waals surface area (Å²) >= 11 is 0. The number of aromatic nitrogens is 3. The fourth-order valence-electron chi connectivity index (χ4n) is 3.13. The Balaban J connectivity index is 1.60. The third-order valence-electron chi connectivity index (χ3n) is 4.70. The van der Waals surface area contributed by atoms with E-state index in [0.29, 0.717) is 17.8 Å². The second-order valence-electron chi connectivity index (χ2n) is 7.07. The topological polar surface area (TPSA) is 59.8 Å². The van der Waals surface area contributed by atoms with Crippen molar-refractivity contribution in [3.63, 3.8) is 0 Å². The molecule has 0 aliphatic heterocycles. The Morgan fingerprint density at radius 1 is 0.967 bits per heavy atom. The van der Waals surface area contributed by atoms with Crippen molar-refractivity contribution in [1.82, 2.24) is 20.1 Å². The maximum absolute atomic E-state index is 13.4. The Labute approximate surface area is 174 Å². The van der Waals surface area contributed by atoms with E-state index in [9.17, 15) is 9.18 Å². The van der Waals surface area contributed by atoms with Crippen molar-refractivity contribution in [2.24, 2.45) is 0 Å². The molecule has 1 N–H and O–H groups in total. The van der Waals surface area contributed by atoms with E-state index in [-0.39, 0.29) is 18.2 Å². The van der Waals surface area contributed by atoms with Crippen molar-refractivity contribution in [2.45, 2.75) is 19.9 Å². The molecule has 0 saturated heterocycles. The van der Waals surface area contributed by atoms with Crippen LogP contribution in [-0.2, 0) is 13.0 Å². The molecule has 0 spiro atoms. The van der Waals surface area contributed by atoms with Crippen molar-refractivity contribution in [1.29, 1.82) is 0 Å². The van der Waals surface area contributed by atoms with Gasteiger partial charge >= 0.3 is 0 Å². The number of carbonyl (C=O) groups is 1. The monoisotopic (exact) mass is 400 g/mol. The van der Waals surface area contributed by atoms with E-state index in [1.807, 2.05) is 61.5 Å². The molecule has 1 heterocycles. The van der Waals surface area contributed by atoms with Crippen LogP contribution in [0.5, 0.6) is 0 Å². The van der Waals surface area contributed by atoms with Gasteiger partial charge in [-0.25, -0.2) is 14.1 Å². The molecular formula is C24H21FN4O. The smallest absolute Gasteiger partial charge is 0.291 e. The second kappa shape index (κ2) is 8.69. The summed E-state index contributed by atoms with van der Waals surface area (Å²) in [5.74, 6) is 0.00646. The number of rotatable bonds is 6. The summed E-state index contributed by atoms with van der Waals surface area (Å²) in [5.41, 5.74) is 3.72. The molecule has 4 rings (SSSR count). The average molecular weight is 400 g/mol. The minimum absolute atomic E-state index is 0.0814. The number of nitrogens with zero attached hydrogens (tertiary/aromatic N) is 3. The number of nitrogens with one attached hydrogen (secondary N) is 1. The van der Waals surface area contributed by atoms with Crippen molar-refractivity contribution < 1.29 is 9.18 Å². The number of benzene rings is 3. The van der Waals surface area contributed by atoms with Crippen LogP contribution in [0.25, 0.3) is 5.69 Å². The van der Waals surface area contributed by atoms with Crippen LogP contribution in [-0.4, -0.2) is 20.7 Å². The van der Waals surface area contributed by atoms with Gasteiger partial charge in [0.05, 0.1) is 5.69 Å². The Hall–Kier alpha value is -3.80. The van der Waals surface area contributed by atoms with E-state index in [4.69, 9.17) is 0 Å². The predicted molar refractivity (Wildman–Crippen MR) is 113 cm³/mol. The Morgan fingerprint density at radius 3 is 2.43 bits per heavy atom. The lowest BCUT2D eigenvalue weighted by Crippen LogP contribution is -2.24. The molecule has 30 heavy (non-hydrogen) atoms. The minimum atomic E-state index is -0.403. The number of hydrogen-bond donors (Lipinski definition) is 1. The normalized spacial score (nSPS) is 10.7. The van der Waals surface area contributed by atoms with E-state index in [1.165, 1.54) is 12.1 Å². The molecule has 0 bridgehead atoms. The lowest BCUT2D eigenvalue weighted by molar-refractivity contribution is 0.0940. The van der Waals surface area contributed by atoms with Gasteiger partial charge in [0, 0.05) is 13.0 Å². The van der Waals surface area contributed by atoms with Crippen LogP contribution in [0.3, 0.4) is 0 Å². The molecular weight excluding hydrogens is 379 g/mol. The van der Waals surface area contributed by atoms with Crippen LogP contribution >= 0.6 is 0 Å². The highest BCUT2D eigenvalue weighted by Gasteiger charge is 2.18. The summed E-state index contributed by atoms with van der Waals surface area (Å²) in [7, 11) is 0. The molecule has 0 atom stereocenters. The first-order chi connectivity index (χ1) is 14.6. The average Bonchev–Trinajstić information content (AvgIpc) is 3.17. The zero-order valence-electron chi connectivity index (χ0n) is 16.5. The van der Waals surface area contributed by atoms with Gasteiger partial charge in [-0.1, -0.05) is 60.2 Å². The standard InChI is InChI=1S/C24H21FN4O/c1-17-10-12-21(13-11-17)29-22(15-18-6-3-2-4-7-18)27-23(28-29)24(30)26-16-19-8-5-9-20(25)14-19/h2-14H,15-16H2,1H3,(H,26,30). The van der Waals surface area contributed by atoms with Gasteiger partial charge in [0.25, 0.3) is 5.91 Å². The van der Waals surface area contributed by atoms with Gasteiger partial charge in [0.2, 0.25) is 5.82 Å². The highest BCUT2D eigenvalue weighted by atomic mass is 19.1. The molecule has 0 aliphatic carbocycles.